The summed E-state index contributed by atoms with van der Waals surface area (Å²) in [5.41, 5.74) is 1.97. The van der Waals surface area contributed by atoms with E-state index in [-0.39, 0.29) is 18.4 Å². The van der Waals surface area contributed by atoms with Gasteiger partial charge in [0.15, 0.2) is 23.9 Å². The fourth-order valence-corrected chi connectivity index (χ4v) is 4.26. The van der Waals surface area contributed by atoms with Crippen molar-refractivity contribution in [3.05, 3.63) is 53.9 Å². The molecule has 0 radical (unpaired) electrons. The number of aromatic nitrogens is 3. The van der Waals surface area contributed by atoms with Gasteiger partial charge in [0.25, 0.3) is 11.8 Å². The highest BCUT2D eigenvalue weighted by atomic mass is 16.5. The Hall–Kier alpha value is -3.88. The minimum Gasteiger partial charge on any atom is -0.490 e. The van der Waals surface area contributed by atoms with E-state index in [1.165, 1.54) is 0 Å². The molecular weight excluding hydrogens is 458 g/mol. The molecule has 2 amide bonds. The third-order valence-electron chi connectivity index (χ3n) is 6.43. The van der Waals surface area contributed by atoms with E-state index in [4.69, 9.17) is 9.47 Å². The monoisotopic (exact) mass is 489 g/mol. The quantitative estimate of drug-likeness (QED) is 0.461. The average Bonchev–Trinajstić information content (AvgIpc) is 3.65. The van der Waals surface area contributed by atoms with E-state index in [2.05, 4.69) is 20.5 Å². The van der Waals surface area contributed by atoms with Crippen LogP contribution in [0.3, 0.4) is 0 Å². The molecule has 2 aromatic carbocycles. The van der Waals surface area contributed by atoms with Crippen LogP contribution in [0.2, 0.25) is 0 Å². The number of benzene rings is 2. The summed E-state index contributed by atoms with van der Waals surface area (Å²) in [6.45, 7) is 3.77. The Kier molecular flexibility index (Phi) is 7.16. The maximum Gasteiger partial charge on any atom is 0.260 e. The van der Waals surface area contributed by atoms with Gasteiger partial charge in [0, 0.05) is 35.8 Å². The summed E-state index contributed by atoms with van der Waals surface area (Å²) in [6.07, 6.45) is 5.55. The number of piperidine rings is 1. The Balaban J connectivity index is 1.21. The number of anilines is 1. The molecule has 5 rings (SSSR count). The second-order valence-electron chi connectivity index (χ2n) is 9.17. The summed E-state index contributed by atoms with van der Waals surface area (Å²) in [5.74, 6) is 2.69. The van der Waals surface area contributed by atoms with Gasteiger partial charge in [0.05, 0.1) is 6.61 Å². The molecule has 1 saturated carbocycles. The molecule has 1 saturated heterocycles. The van der Waals surface area contributed by atoms with Crippen molar-refractivity contribution in [2.75, 3.05) is 31.6 Å². The molecule has 0 atom stereocenters. The molecule has 0 unspecified atom stereocenters. The Morgan fingerprint density at radius 3 is 2.53 bits per heavy atom. The molecule has 9 heteroatoms. The summed E-state index contributed by atoms with van der Waals surface area (Å²) in [4.78, 5) is 31.8. The van der Waals surface area contributed by atoms with Crippen LogP contribution in [0.15, 0.2) is 42.5 Å². The lowest BCUT2D eigenvalue weighted by molar-refractivity contribution is -0.134. The minimum atomic E-state index is -0.270. The zero-order valence-electron chi connectivity index (χ0n) is 20.5. The second kappa shape index (κ2) is 10.8. The van der Waals surface area contributed by atoms with Crippen LogP contribution in [0.25, 0.3) is 11.4 Å². The van der Waals surface area contributed by atoms with Gasteiger partial charge in [-0.25, -0.2) is 4.98 Å². The van der Waals surface area contributed by atoms with E-state index in [1.54, 1.807) is 18.2 Å². The summed E-state index contributed by atoms with van der Waals surface area (Å²) < 4.78 is 11.5. The van der Waals surface area contributed by atoms with Crippen molar-refractivity contribution in [1.29, 1.82) is 0 Å². The number of carbonyl (C=O) groups is 2. The minimum absolute atomic E-state index is 0.0313. The summed E-state index contributed by atoms with van der Waals surface area (Å²) in [6, 6.07) is 12.4. The van der Waals surface area contributed by atoms with Crippen LogP contribution < -0.4 is 14.8 Å². The molecule has 2 fully saturated rings. The molecular formula is C27H31N5O4. The van der Waals surface area contributed by atoms with Crippen molar-refractivity contribution in [2.45, 2.75) is 44.9 Å². The number of aromatic amines is 1. The lowest BCUT2D eigenvalue weighted by Gasteiger charge is -2.26. The number of ether oxygens (including phenoxy) is 2. The smallest absolute Gasteiger partial charge is 0.260 e. The first-order valence-electron chi connectivity index (χ1n) is 12.6. The molecule has 0 bridgehead atoms. The number of H-pyrrole nitrogens is 1. The van der Waals surface area contributed by atoms with Crippen LogP contribution in [0.5, 0.6) is 11.5 Å². The first-order chi connectivity index (χ1) is 17.6. The highest BCUT2D eigenvalue weighted by Crippen LogP contribution is 2.38. The van der Waals surface area contributed by atoms with Gasteiger partial charge < -0.3 is 19.7 Å². The first-order valence-corrected chi connectivity index (χ1v) is 12.6. The summed E-state index contributed by atoms with van der Waals surface area (Å²) in [5, 5.41) is 10.2. The van der Waals surface area contributed by atoms with Crippen LogP contribution in [-0.4, -0.2) is 58.2 Å². The molecule has 2 aliphatic rings. The fraction of sp³-hybridized carbons (Fsp3) is 0.407. The predicted octanol–water partition coefficient (Wildman–Crippen LogP) is 4.39. The van der Waals surface area contributed by atoms with Gasteiger partial charge in [-0.2, -0.15) is 5.10 Å². The molecule has 3 aromatic rings. The molecule has 1 aromatic heterocycles. The molecule has 0 spiro atoms. The Labute approximate surface area is 210 Å². The van der Waals surface area contributed by atoms with Gasteiger partial charge in [-0.05, 0) is 81.5 Å². The van der Waals surface area contributed by atoms with Crippen LogP contribution in [0.4, 0.5) is 5.69 Å². The maximum atomic E-state index is 12.9. The van der Waals surface area contributed by atoms with Gasteiger partial charge >= 0.3 is 0 Å². The third kappa shape index (κ3) is 5.67. The predicted molar refractivity (Wildman–Crippen MR) is 135 cm³/mol. The van der Waals surface area contributed by atoms with E-state index in [0.717, 1.165) is 56.6 Å². The van der Waals surface area contributed by atoms with E-state index in [9.17, 15) is 9.59 Å². The number of nitrogens with one attached hydrogen (secondary N) is 2. The lowest BCUT2D eigenvalue weighted by Crippen LogP contribution is -2.38. The van der Waals surface area contributed by atoms with Gasteiger partial charge in [-0.1, -0.05) is 0 Å². The highest BCUT2D eigenvalue weighted by Gasteiger charge is 2.27. The summed E-state index contributed by atoms with van der Waals surface area (Å²) in [7, 11) is 0. The largest absolute Gasteiger partial charge is 0.490 e. The van der Waals surface area contributed by atoms with E-state index < -0.39 is 0 Å². The Morgan fingerprint density at radius 2 is 1.81 bits per heavy atom. The second-order valence-corrected chi connectivity index (χ2v) is 9.17. The SMILES string of the molecule is CCOc1cc(C(=O)Nc2ccc(-c3n[nH]c(C4CC4)n3)cc2)ccc1OCC(=O)N1CCCCC1. The standard InChI is InChI=1S/C27H31N5O4/c1-2-35-23-16-20(10-13-22(23)36-17-24(33)32-14-4-3-5-15-32)27(34)28-21-11-8-19(9-12-21)26-29-25(30-31-26)18-6-7-18/h8-13,16,18H,2-7,14-15,17H2,1H3,(H,28,34)(H,29,30,31). The van der Waals surface area contributed by atoms with E-state index >= 15 is 0 Å². The Bertz CT molecular complexity index is 1210. The van der Waals surface area contributed by atoms with Crippen LogP contribution in [0.1, 0.15) is 61.1 Å². The molecule has 2 N–H and O–H groups in total. The number of likely N-dealkylation sites (tertiary alicyclic amines) is 1. The van der Waals surface area contributed by atoms with Gasteiger partial charge in [-0.3, -0.25) is 14.7 Å². The average molecular weight is 490 g/mol. The van der Waals surface area contributed by atoms with Crippen LogP contribution in [0, 0.1) is 0 Å². The molecule has 9 nitrogen and oxygen atoms in total. The first kappa shape index (κ1) is 23.8. The van der Waals surface area contributed by atoms with Gasteiger partial charge in [-0.15, -0.1) is 0 Å². The zero-order chi connectivity index (χ0) is 24.9. The normalized spacial score (nSPS) is 15.4. The molecule has 1 aliphatic heterocycles. The maximum absolute atomic E-state index is 12.9. The highest BCUT2D eigenvalue weighted by molar-refractivity contribution is 6.04. The molecule has 1 aliphatic carbocycles. The molecule has 36 heavy (non-hydrogen) atoms. The molecule has 2 heterocycles. The van der Waals surface area contributed by atoms with Crippen molar-refractivity contribution in [3.63, 3.8) is 0 Å². The number of rotatable bonds is 9. The number of amides is 2. The van der Waals surface area contributed by atoms with Gasteiger partial charge in [0.1, 0.15) is 5.82 Å². The third-order valence-corrected chi connectivity index (χ3v) is 6.43. The fourth-order valence-electron chi connectivity index (χ4n) is 4.26. The number of hydrogen-bond donors (Lipinski definition) is 2. The Morgan fingerprint density at radius 1 is 1.03 bits per heavy atom. The summed E-state index contributed by atoms with van der Waals surface area (Å²) >= 11 is 0. The van der Waals surface area contributed by atoms with E-state index in [0.29, 0.717) is 41.1 Å². The van der Waals surface area contributed by atoms with Crippen molar-refractivity contribution < 1.29 is 19.1 Å². The molecule has 188 valence electrons. The zero-order valence-corrected chi connectivity index (χ0v) is 20.5. The number of hydrogen-bond acceptors (Lipinski definition) is 6. The number of carbonyl (C=O) groups excluding carboxylic acids is 2. The van der Waals surface area contributed by atoms with Crippen LogP contribution >= 0.6 is 0 Å². The van der Waals surface area contributed by atoms with Crippen molar-refractivity contribution in [1.82, 2.24) is 20.1 Å². The van der Waals surface area contributed by atoms with E-state index in [1.807, 2.05) is 36.1 Å². The number of nitrogens with zero attached hydrogens (tertiary/aromatic N) is 3. The van der Waals surface area contributed by atoms with Crippen molar-refractivity contribution >= 4 is 17.5 Å². The van der Waals surface area contributed by atoms with Crippen molar-refractivity contribution in [2.24, 2.45) is 0 Å². The van der Waals surface area contributed by atoms with Crippen LogP contribution in [-0.2, 0) is 4.79 Å². The topological polar surface area (TPSA) is 109 Å². The lowest BCUT2D eigenvalue weighted by atomic mass is 10.1. The van der Waals surface area contributed by atoms with Gasteiger partial charge in [0.2, 0.25) is 0 Å². The van der Waals surface area contributed by atoms with Crippen molar-refractivity contribution in [3.8, 4) is 22.9 Å².